The summed E-state index contributed by atoms with van der Waals surface area (Å²) in [6, 6.07) is 8.37. The van der Waals surface area contributed by atoms with Gasteiger partial charge in [-0.3, -0.25) is 4.79 Å². The Hall–Kier alpha value is -3.89. The molecule has 0 bridgehead atoms. The highest BCUT2D eigenvalue weighted by Crippen LogP contribution is 2.40. The summed E-state index contributed by atoms with van der Waals surface area (Å²) in [7, 11) is 1.57. The molecule has 0 saturated carbocycles. The number of carboxylic acid groups (broad SMARTS) is 1. The third kappa shape index (κ3) is 4.58. The number of methoxy groups -OCH3 is 1. The number of hydrogen-bond donors (Lipinski definition) is 1. The molecule has 8 nitrogen and oxygen atoms in total. The Morgan fingerprint density at radius 1 is 1.14 bits per heavy atom. The van der Waals surface area contributed by atoms with Crippen molar-refractivity contribution in [1.29, 1.82) is 0 Å². The summed E-state index contributed by atoms with van der Waals surface area (Å²) in [5.41, 5.74) is -0.902. The third-order valence-electron chi connectivity index (χ3n) is 6.04. The van der Waals surface area contributed by atoms with Crippen LogP contribution in [0.5, 0.6) is 11.5 Å². The molecule has 3 aromatic rings. The lowest BCUT2D eigenvalue weighted by molar-refractivity contribution is -0.0488. The number of hydrogen-bond acceptors (Lipinski definition) is 6. The Labute approximate surface area is 198 Å². The van der Waals surface area contributed by atoms with E-state index in [0.717, 1.165) is 18.0 Å². The number of piperazine rings is 1. The van der Waals surface area contributed by atoms with Gasteiger partial charge in [-0.25, -0.2) is 9.18 Å². The summed E-state index contributed by atoms with van der Waals surface area (Å²) >= 11 is 0. The number of pyridine rings is 1. The highest BCUT2D eigenvalue weighted by molar-refractivity contribution is 5.97. The van der Waals surface area contributed by atoms with Gasteiger partial charge < -0.3 is 28.9 Å². The average Bonchev–Trinajstić information content (AvgIpc) is 2.84. The number of carbonyl (C=O) groups is 1. The van der Waals surface area contributed by atoms with Crippen LogP contribution < -0.4 is 24.7 Å². The zero-order valence-electron chi connectivity index (χ0n) is 19.1. The monoisotopic (exact) mass is 491 g/mol. The van der Waals surface area contributed by atoms with Crippen molar-refractivity contribution < 1.29 is 32.5 Å². The number of halogens is 3. The quantitative estimate of drug-likeness (QED) is 0.538. The van der Waals surface area contributed by atoms with Crippen LogP contribution in [0.15, 0.2) is 41.3 Å². The number of alkyl halides is 2. The fourth-order valence-corrected chi connectivity index (χ4v) is 4.38. The van der Waals surface area contributed by atoms with Gasteiger partial charge in [0.2, 0.25) is 5.43 Å². The van der Waals surface area contributed by atoms with E-state index in [1.165, 1.54) is 4.57 Å². The number of benzene rings is 2. The van der Waals surface area contributed by atoms with E-state index in [0.29, 0.717) is 31.9 Å². The van der Waals surface area contributed by atoms with Crippen molar-refractivity contribution in [2.45, 2.75) is 20.1 Å². The number of aromatic carboxylic acids is 1. The van der Waals surface area contributed by atoms with Gasteiger partial charge in [-0.1, -0.05) is 6.07 Å². The predicted octanol–water partition coefficient (Wildman–Crippen LogP) is 3.80. The van der Waals surface area contributed by atoms with E-state index in [4.69, 9.17) is 9.47 Å². The van der Waals surface area contributed by atoms with E-state index in [-0.39, 0.29) is 23.1 Å². The van der Waals surface area contributed by atoms with Gasteiger partial charge in [-0.2, -0.15) is 8.78 Å². The molecule has 1 fully saturated rings. The number of rotatable bonds is 7. The first-order valence-corrected chi connectivity index (χ1v) is 11.0. The van der Waals surface area contributed by atoms with Crippen LogP contribution >= 0.6 is 0 Å². The van der Waals surface area contributed by atoms with Crippen molar-refractivity contribution in [3.8, 4) is 11.5 Å². The average molecular weight is 491 g/mol. The third-order valence-corrected chi connectivity index (χ3v) is 6.04. The molecule has 1 aliphatic heterocycles. The second-order valence-corrected chi connectivity index (χ2v) is 7.95. The molecule has 35 heavy (non-hydrogen) atoms. The standard InChI is InChI=1S/C24H24F3N3O5/c1-3-28-13-17(23(32)33)21(31)16-12-18(25)20(22(19(16)28)35-24(26)27)30-9-7-29(8-10-30)14-5-4-6-15(11-14)34-2/h4-6,11-13,24H,3,7-10H2,1-2H3,(H,32,33). The summed E-state index contributed by atoms with van der Waals surface area (Å²) in [6.45, 7) is 0.0415. The lowest BCUT2D eigenvalue weighted by atomic mass is 10.1. The van der Waals surface area contributed by atoms with Gasteiger partial charge in [0, 0.05) is 50.7 Å². The number of carboxylic acids is 1. The van der Waals surface area contributed by atoms with Crippen LogP contribution in [-0.2, 0) is 6.54 Å². The van der Waals surface area contributed by atoms with Gasteiger partial charge in [0.05, 0.1) is 18.0 Å². The van der Waals surface area contributed by atoms with Gasteiger partial charge >= 0.3 is 12.6 Å². The molecule has 11 heteroatoms. The summed E-state index contributed by atoms with van der Waals surface area (Å²) < 4.78 is 53.7. The summed E-state index contributed by atoms with van der Waals surface area (Å²) in [5, 5.41) is 9.03. The lowest BCUT2D eigenvalue weighted by Gasteiger charge is -2.38. The first-order chi connectivity index (χ1) is 16.7. The van der Waals surface area contributed by atoms with Crippen molar-refractivity contribution in [2.24, 2.45) is 0 Å². The topological polar surface area (TPSA) is 84.2 Å². The number of aromatic nitrogens is 1. The number of anilines is 2. The van der Waals surface area contributed by atoms with E-state index in [1.54, 1.807) is 18.9 Å². The Morgan fingerprint density at radius 3 is 2.43 bits per heavy atom. The molecule has 1 aliphatic rings. The van der Waals surface area contributed by atoms with Crippen molar-refractivity contribution in [1.82, 2.24) is 4.57 Å². The Kier molecular flexibility index (Phi) is 6.77. The summed E-state index contributed by atoms with van der Waals surface area (Å²) in [6.07, 6.45) is 1.06. The van der Waals surface area contributed by atoms with Crippen LogP contribution in [0.3, 0.4) is 0 Å². The van der Waals surface area contributed by atoms with Crippen LogP contribution in [0.2, 0.25) is 0 Å². The Bertz CT molecular complexity index is 1320. The smallest absolute Gasteiger partial charge is 0.387 e. The molecule has 0 aliphatic carbocycles. The molecule has 0 spiro atoms. The second-order valence-electron chi connectivity index (χ2n) is 7.95. The maximum absolute atomic E-state index is 15.4. The van der Waals surface area contributed by atoms with Crippen molar-refractivity contribution >= 4 is 28.2 Å². The molecule has 186 valence electrons. The molecule has 2 heterocycles. The molecule has 4 rings (SSSR count). The number of nitrogens with zero attached hydrogens (tertiary/aromatic N) is 3. The number of fused-ring (bicyclic) bond motifs is 1. The molecule has 0 amide bonds. The molecule has 1 N–H and O–H groups in total. The van der Waals surface area contributed by atoms with Crippen LogP contribution in [0.25, 0.3) is 10.9 Å². The largest absolute Gasteiger partial charge is 0.497 e. The van der Waals surface area contributed by atoms with Gasteiger partial charge in [0.25, 0.3) is 0 Å². The zero-order chi connectivity index (χ0) is 25.3. The maximum Gasteiger partial charge on any atom is 0.387 e. The van der Waals surface area contributed by atoms with Crippen molar-refractivity contribution in [3.05, 3.63) is 58.1 Å². The van der Waals surface area contributed by atoms with Gasteiger partial charge in [-0.15, -0.1) is 0 Å². The van der Waals surface area contributed by atoms with E-state index >= 15 is 4.39 Å². The van der Waals surface area contributed by atoms with E-state index in [9.17, 15) is 23.5 Å². The first kappa shape index (κ1) is 24.2. The minimum Gasteiger partial charge on any atom is -0.497 e. The van der Waals surface area contributed by atoms with Crippen LogP contribution in [0, 0.1) is 5.82 Å². The molecule has 0 atom stereocenters. The van der Waals surface area contributed by atoms with E-state index in [2.05, 4.69) is 4.90 Å². The molecule has 2 aromatic carbocycles. The predicted molar refractivity (Wildman–Crippen MR) is 125 cm³/mol. The molecular weight excluding hydrogens is 467 g/mol. The van der Waals surface area contributed by atoms with Gasteiger partial charge in [0.15, 0.2) is 11.6 Å². The fraction of sp³-hybridized carbons (Fsp3) is 0.333. The van der Waals surface area contributed by atoms with E-state index < -0.39 is 35.1 Å². The summed E-state index contributed by atoms with van der Waals surface area (Å²) in [5.74, 6) is -2.23. The highest BCUT2D eigenvalue weighted by atomic mass is 19.3. The van der Waals surface area contributed by atoms with Gasteiger partial charge in [-0.05, 0) is 25.1 Å². The first-order valence-electron chi connectivity index (χ1n) is 11.0. The highest BCUT2D eigenvalue weighted by Gasteiger charge is 2.29. The molecule has 1 aromatic heterocycles. The number of ether oxygens (including phenoxy) is 2. The second kappa shape index (κ2) is 9.77. The van der Waals surface area contributed by atoms with Crippen LogP contribution in [0.4, 0.5) is 24.5 Å². The zero-order valence-corrected chi connectivity index (χ0v) is 19.1. The molecule has 0 radical (unpaired) electrons. The van der Waals surface area contributed by atoms with Crippen molar-refractivity contribution in [2.75, 3.05) is 43.1 Å². The fourth-order valence-electron chi connectivity index (χ4n) is 4.38. The molecule has 1 saturated heterocycles. The minimum absolute atomic E-state index is 0.0746. The van der Waals surface area contributed by atoms with Gasteiger partial charge in [0.1, 0.15) is 17.0 Å². The van der Waals surface area contributed by atoms with Crippen LogP contribution in [-0.4, -0.2) is 55.5 Å². The van der Waals surface area contributed by atoms with E-state index in [1.807, 2.05) is 24.3 Å². The normalized spacial score (nSPS) is 14.0. The lowest BCUT2D eigenvalue weighted by Crippen LogP contribution is -2.47. The summed E-state index contributed by atoms with van der Waals surface area (Å²) in [4.78, 5) is 27.9. The Morgan fingerprint density at radius 2 is 1.83 bits per heavy atom. The molecule has 0 unspecified atom stereocenters. The van der Waals surface area contributed by atoms with Crippen molar-refractivity contribution in [3.63, 3.8) is 0 Å². The maximum atomic E-state index is 15.4. The SMILES string of the molecule is CCn1cc(C(=O)O)c(=O)c2cc(F)c(N3CCN(c4cccc(OC)c4)CC3)c(OC(F)F)c21. The van der Waals surface area contributed by atoms with Crippen LogP contribution in [0.1, 0.15) is 17.3 Å². The Balaban J connectivity index is 1.79. The minimum atomic E-state index is -3.28. The number of aryl methyl sites for hydroxylation is 1. The molecular formula is C24H24F3N3O5.